The van der Waals surface area contributed by atoms with Gasteiger partial charge in [0, 0.05) is 5.41 Å². The number of ether oxygens (including phenoxy) is 1. The molecule has 0 N–H and O–H groups in total. The Labute approximate surface area is 121 Å². The highest BCUT2D eigenvalue weighted by molar-refractivity contribution is 5.40. The van der Waals surface area contributed by atoms with Crippen molar-refractivity contribution in [3.05, 3.63) is 71.8 Å². The van der Waals surface area contributed by atoms with Gasteiger partial charge in [-0.05, 0) is 30.4 Å². The summed E-state index contributed by atoms with van der Waals surface area (Å²) in [6, 6.07) is 21.6. The lowest BCUT2D eigenvalue weighted by molar-refractivity contribution is -0.0204. The van der Waals surface area contributed by atoms with E-state index in [1.165, 1.54) is 17.5 Å². The predicted octanol–water partition coefficient (Wildman–Crippen LogP) is 4.56. The summed E-state index contributed by atoms with van der Waals surface area (Å²) in [7, 11) is 0. The van der Waals surface area contributed by atoms with E-state index in [0.29, 0.717) is 6.10 Å². The summed E-state index contributed by atoms with van der Waals surface area (Å²) in [4.78, 5) is 0. The molecule has 20 heavy (non-hydrogen) atoms. The zero-order valence-corrected chi connectivity index (χ0v) is 12.1. The fourth-order valence-corrected chi connectivity index (χ4v) is 3.28. The maximum absolute atomic E-state index is 6.15. The van der Waals surface area contributed by atoms with E-state index in [4.69, 9.17) is 4.74 Å². The van der Waals surface area contributed by atoms with Gasteiger partial charge in [0.1, 0.15) is 0 Å². The zero-order chi connectivity index (χ0) is 13.8. The normalized spacial score (nSPS) is 21.6. The van der Waals surface area contributed by atoms with Crippen LogP contribution in [0.15, 0.2) is 60.7 Å². The van der Waals surface area contributed by atoms with Crippen molar-refractivity contribution < 1.29 is 4.74 Å². The third kappa shape index (κ3) is 2.38. The van der Waals surface area contributed by atoms with Crippen molar-refractivity contribution in [2.45, 2.75) is 37.7 Å². The molecule has 1 fully saturated rings. The highest BCUT2D eigenvalue weighted by Gasteiger charge is 2.38. The van der Waals surface area contributed by atoms with E-state index in [0.717, 1.165) is 19.4 Å². The predicted molar refractivity (Wildman–Crippen MR) is 82.9 cm³/mol. The van der Waals surface area contributed by atoms with Crippen molar-refractivity contribution in [3.63, 3.8) is 0 Å². The lowest BCUT2D eigenvalue weighted by Crippen LogP contribution is -2.40. The first-order valence-corrected chi connectivity index (χ1v) is 7.58. The molecular formula is C19H22O. The van der Waals surface area contributed by atoms with E-state index in [2.05, 4.69) is 67.6 Å². The molecule has 0 spiro atoms. The molecule has 1 aliphatic heterocycles. The molecule has 1 aliphatic rings. The second-order valence-corrected chi connectivity index (χ2v) is 5.69. The SMILES string of the molecule is CCC1CCC(c2ccccc2)(c2ccccc2)CO1. The van der Waals surface area contributed by atoms with Gasteiger partial charge >= 0.3 is 0 Å². The first-order chi connectivity index (χ1) is 9.85. The summed E-state index contributed by atoms with van der Waals surface area (Å²) in [6.45, 7) is 3.00. The van der Waals surface area contributed by atoms with Crippen molar-refractivity contribution in [2.24, 2.45) is 0 Å². The largest absolute Gasteiger partial charge is 0.377 e. The molecule has 0 saturated carbocycles. The third-order valence-electron chi connectivity index (χ3n) is 4.57. The summed E-state index contributed by atoms with van der Waals surface area (Å²) in [5.41, 5.74) is 2.77. The fraction of sp³-hybridized carbons (Fsp3) is 0.368. The zero-order valence-electron chi connectivity index (χ0n) is 12.1. The maximum atomic E-state index is 6.15. The molecule has 0 amide bonds. The Kier molecular flexibility index (Phi) is 3.88. The van der Waals surface area contributed by atoms with Crippen LogP contribution in [0.1, 0.15) is 37.3 Å². The van der Waals surface area contributed by atoms with Crippen LogP contribution in [0.5, 0.6) is 0 Å². The van der Waals surface area contributed by atoms with Crippen LogP contribution in [-0.4, -0.2) is 12.7 Å². The molecule has 0 bridgehead atoms. The Hall–Kier alpha value is -1.60. The molecule has 1 heteroatoms. The number of rotatable bonds is 3. The molecule has 0 aromatic heterocycles. The molecular weight excluding hydrogens is 244 g/mol. The van der Waals surface area contributed by atoms with E-state index in [-0.39, 0.29) is 5.41 Å². The highest BCUT2D eigenvalue weighted by atomic mass is 16.5. The molecule has 1 heterocycles. The van der Waals surface area contributed by atoms with Crippen LogP contribution in [0.4, 0.5) is 0 Å². The van der Waals surface area contributed by atoms with Gasteiger partial charge in [0.05, 0.1) is 12.7 Å². The minimum atomic E-state index is 0.0220. The number of hydrogen-bond donors (Lipinski definition) is 0. The topological polar surface area (TPSA) is 9.23 Å². The Balaban J connectivity index is 2.01. The summed E-state index contributed by atoms with van der Waals surface area (Å²) < 4.78 is 6.15. The van der Waals surface area contributed by atoms with Gasteiger partial charge in [0.2, 0.25) is 0 Å². The summed E-state index contributed by atoms with van der Waals surface area (Å²) >= 11 is 0. The quantitative estimate of drug-likeness (QED) is 0.791. The molecule has 2 aromatic carbocycles. The van der Waals surface area contributed by atoms with Crippen molar-refractivity contribution in [1.29, 1.82) is 0 Å². The van der Waals surface area contributed by atoms with Crippen LogP contribution < -0.4 is 0 Å². The van der Waals surface area contributed by atoms with E-state index in [1.807, 2.05) is 0 Å². The lowest BCUT2D eigenvalue weighted by atomic mass is 9.70. The highest BCUT2D eigenvalue weighted by Crippen LogP contribution is 2.41. The van der Waals surface area contributed by atoms with E-state index in [9.17, 15) is 0 Å². The average Bonchev–Trinajstić information content (AvgIpc) is 2.56. The van der Waals surface area contributed by atoms with Crippen LogP contribution in [0.3, 0.4) is 0 Å². The van der Waals surface area contributed by atoms with E-state index >= 15 is 0 Å². The van der Waals surface area contributed by atoms with Crippen LogP contribution in [-0.2, 0) is 10.2 Å². The molecule has 104 valence electrons. The Morgan fingerprint density at radius 3 is 1.90 bits per heavy atom. The minimum absolute atomic E-state index is 0.0220. The molecule has 1 atom stereocenters. The van der Waals surface area contributed by atoms with Crippen LogP contribution in [0, 0.1) is 0 Å². The van der Waals surface area contributed by atoms with Crippen molar-refractivity contribution >= 4 is 0 Å². The molecule has 0 radical (unpaired) electrons. The first-order valence-electron chi connectivity index (χ1n) is 7.58. The van der Waals surface area contributed by atoms with Gasteiger partial charge in [-0.2, -0.15) is 0 Å². The van der Waals surface area contributed by atoms with Gasteiger partial charge in [-0.3, -0.25) is 0 Å². The smallest absolute Gasteiger partial charge is 0.0607 e. The van der Waals surface area contributed by atoms with Crippen LogP contribution in [0.2, 0.25) is 0 Å². The van der Waals surface area contributed by atoms with Crippen molar-refractivity contribution in [3.8, 4) is 0 Å². The summed E-state index contributed by atoms with van der Waals surface area (Å²) in [5, 5.41) is 0. The standard InChI is InChI=1S/C19H22O/c1-2-18-13-14-19(15-20-18,16-9-5-3-6-10-16)17-11-7-4-8-12-17/h3-12,18H,2,13-15H2,1H3. The Morgan fingerprint density at radius 2 is 1.50 bits per heavy atom. The Morgan fingerprint density at radius 1 is 0.950 bits per heavy atom. The van der Waals surface area contributed by atoms with Gasteiger partial charge in [-0.1, -0.05) is 67.6 Å². The second kappa shape index (κ2) is 5.80. The van der Waals surface area contributed by atoms with Gasteiger partial charge in [-0.15, -0.1) is 0 Å². The van der Waals surface area contributed by atoms with Crippen molar-refractivity contribution in [2.75, 3.05) is 6.61 Å². The molecule has 3 rings (SSSR count). The maximum Gasteiger partial charge on any atom is 0.0607 e. The lowest BCUT2D eigenvalue weighted by Gasteiger charge is -2.41. The molecule has 1 unspecified atom stereocenters. The first kappa shape index (κ1) is 13.4. The van der Waals surface area contributed by atoms with E-state index < -0.39 is 0 Å². The minimum Gasteiger partial charge on any atom is -0.377 e. The molecule has 1 nitrogen and oxygen atoms in total. The van der Waals surface area contributed by atoms with Crippen LogP contribution >= 0.6 is 0 Å². The fourth-order valence-electron chi connectivity index (χ4n) is 3.28. The monoisotopic (exact) mass is 266 g/mol. The van der Waals surface area contributed by atoms with Gasteiger partial charge in [0.25, 0.3) is 0 Å². The number of benzene rings is 2. The Bertz CT molecular complexity index is 483. The van der Waals surface area contributed by atoms with Gasteiger partial charge in [-0.25, -0.2) is 0 Å². The van der Waals surface area contributed by atoms with Gasteiger partial charge in [0.15, 0.2) is 0 Å². The summed E-state index contributed by atoms with van der Waals surface area (Å²) in [6.07, 6.45) is 3.84. The van der Waals surface area contributed by atoms with Crippen molar-refractivity contribution in [1.82, 2.24) is 0 Å². The molecule has 1 saturated heterocycles. The van der Waals surface area contributed by atoms with Crippen LogP contribution in [0.25, 0.3) is 0 Å². The second-order valence-electron chi connectivity index (χ2n) is 5.69. The van der Waals surface area contributed by atoms with Gasteiger partial charge < -0.3 is 4.74 Å². The average molecular weight is 266 g/mol. The van der Waals surface area contributed by atoms with E-state index in [1.54, 1.807) is 0 Å². The summed E-state index contributed by atoms with van der Waals surface area (Å²) in [5.74, 6) is 0. The molecule has 2 aromatic rings. The third-order valence-corrected chi connectivity index (χ3v) is 4.57. The number of hydrogen-bond acceptors (Lipinski definition) is 1. The molecule has 0 aliphatic carbocycles.